The molecular weight excluding hydrogens is 428 g/mol. The van der Waals surface area contributed by atoms with Crippen LogP contribution in [0, 0.1) is 11.6 Å². The summed E-state index contributed by atoms with van der Waals surface area (Å²) >= 11 is 0. The van der Waals surface area contributed by atoms with Crippen LogP contribution in [0.2, 0.25) is 0 Å². The van der Waals surface area contributed by atoms with Gasteiger partial charge in [-0.25, -0.2) is 18.4 Å². The molecule has 0 saturated heterocycles. The first kappa shape index (κ1) is 22.2. The van der Waals surface area contributed by atoms with E-state index in [1.807, 2.05) is 36.4 Å². The molecule has 7 heteroatoms. The van der Waals surface area contributed by atoms with E-state index in [1.165, 1.54) is 6.08 Å². The van der Waals surface area contributed by atoms with Gasteiger partial charge in [-0.05, 0) is 46.4 Å². The molecule has 0 radical (unpaired) electrons. The topological polar surface area (TPSA) is 75.6 Å². The van der Waals surface area contributed by atoms with Crippen molar-refractivity contribution in [3.8, 4) is 11.1 Å². The number of benzene rings is 3. The third-order valence-electron chi connectivity index (χ3n) is 5.54. The minimum absolute atomic E-state index is 0.0362. The fourth-order valence-corrected chi connectivity index (χ4v) is 4.00. The number of carbonyl (C=O) groups excluding carboxylic acids is 1. The lowest BCUT2D eigenvalue weighted by atomic mass is 9.98. The summed E-state index contributed by atoms with van der Waals surface area (Å²) in [5, 5.41) is 11.8. The molecule has 0 aromatic heterocycles. The number of fused-ring (bicyclic) bond motifs is 3. The molecule has 0 spiro atoms. The number of hydrogen-bond acceptors (Lipinski definition) is 3. The maximum atomic E-state index is 13.4. The van der Waals surface area contributed by atoms with Crippen LogP contribution in [0.4, 0.5) is 13.6 Å². The second-order valence-corrected chi connectivity index (χ2v) is 7.60. The average molecular weight is 449 g/mol. The van der Waals surface area contributed by atoms with Crippen LogP contribution in [0.15, 0.2) is 66.7 Å². The van der Waals surface area contributed by atoms with Crippen LogP contribution >= 0.6 is 0 Å². The molecule has 1 aliphatic carbocycles. The average Bonchev–Trinajstić information content (AvgIpc) is 3.13. The molecule has 5 nitrogen and oxygen atoms in total. The van der Waals surface area contributed by atoms with Crippen molar-refractivity contribution in [3.63, 3.8) is 0 Å². The van der Waals surface area contributed by atoms with E-state index in [9.17, 15) is 18.4 Å². The lowest BCUT2D eigenvalue weighted by Crippen LogP contribution is -2.26. The summed E-state index contributed by atoms with van der Waals surface area (Å²) in [4.78, 5) is 23.4. The van der Waals surface area contributed by atoms with Crippen molar-refractivity contribution in [1.82, 2.24) is 5.32 Å². The van der Waals surface area contributed by atoms with Crippen LogP contribution in [0.5, 0.6) is 0 Å². The summed E-state index contributed by atoms with van der Waals surface area (Å²) < 4.78 is 32.1. The van der Waals surface area contributed by atoms with E-state index in [-0.39, 0.29) is 30.2 Å². The molecule has 0 heterocycles. The van der Waals surface area contributed by atoms with Gasteiger partial charge in [-0.1, -0.05) is 60.7 Å². The summed E-state index contributed by atoms with van der Waals surface area (Å²) in [6.45, 7) is 0.436. The van der Waals surface area contributed by atoms with Crippen LogP contribution in [0.3, 0.4) is 0 Å². The zero-order chi connectivity index (χ0) is 23.4. The van der Waals surface area contributed by atoms with E-state index in [0.717, 1.165) is 28.3 Å². The Morgan fingerprint density at radius 2 is 1.58 bits per heavy atom. The number of alkyl carbamates (subject to hydrolysis) is 1. The Hall–Kier alpha value is -4.00. The predicted octanol–water partition coefficient (Wildman–Crippen LogP) is 5.61. The molecule has 168 valence electrons. The number of nitrogens with one attached hydrogen (secondary N) is 1. The Morgan fingerprint density at radius 3 is 2.21 bits per heavy atom. The van der Waals surface area contributed by atoms with Gasteiger partial charge >= 0.3 is 12.1 Å². The largest absolute Gasteiger partial charge is 0.478 e. The summed E-state index contributed by atoms with van der Waals surface area (Å²) in [5.74, 6) is -3.74. The van der Waals surface area contributed by atoms with Crippen LogP contribution in [0.25, 0.3) is 17.2 Å². The molecule has 0 fully saturated rings. The van der Waals surface area contributed by atoms with Crippen LogP contribution in [0.1, 0.15) is 39.4 Å². The van der Waals surface area contributed by atoms with Crippen molar-refractivity contribution in [2.45, 2.75) is 12.3 Å². The highest BCUT2D eigenvalue weighted by Crippen LogP contribution is 2.44. The van der Waals surface area contributed by atoms with Gasteiger partial charge in [-0.3, -0.25) is 0 Å². The molecule has 0 atom stereocenters. The van der Waals surface area contributed by atoms with Gasteiger partial charge in [0, 0.05) is 12.5 Å². The Morgan fingerprint density at radius 1 is 0.970 bits per heavy atom. The number of carboxylic acids is 1. The van der Waals surface area contributed by atoms with Crippen molar-refractivity contribution >= 4 is 18.1 Å². The van der Waals surface area contributed by atoms with E-state index < -0.39 is 23.7 Å². The second kappa shape index (κ2) is 9.65. The lowest BCUT2D eigenvalue weighted by molar-refractivity contribution is 0.0696. The van der Waals surface area contributed by atoms with Crippen molar-refractivity contribution < 1.29 is 28.2 Å². The van der Waals surface area contributed by atoms with Crippen molar-refractivity contribution in [2.24, 2.45) is 0 Å². The van der Waals surface area contributed by atoms with Gasteiger partial charge in [-0.15, -0.1) is 0 Å². The van der Waals surface area contributed by atoms with Gasteiger partial charge in [0.15, 0.2) is 11.6 Å². The lowest BCUT2D eigenvalue weighted by Gasteiger charge is -2.14. The smallest absolute Gasteiger partial charge is 0.407 e. The zero-order valence-electron chi connectivity index (χ0n) is 17.6. The maximum absolute atomic E-state index is 13.4. The number of hydrogen-bond donors (Lipinski definition) is 2. The fourth-order valence-electron chi connectivity index (χ4n) is 4.00. The quantitative estimate of drug-likeness (QED) is 0.460. The molecule has 1 aliphatic rings. The molecule has 2 N–H and O–H groups in total. The summed E-state index contributed by atoms with van der Waals surface area (Å²) in [5.41, 5.74) is 4.23. The van der Waals surface area contributed by atoms with Gasteiger partial charge in [0.05, 0.1) is 5.56 Å². The summed E-state index contributed by atoms with van der Waals surface area (Å²) in [7, 11) is 0. The molecule has 0 bridgehead atoms. The second-order valence-electron chi connectivity index (χ2n) is 7.60. The molecule has 0 unspecified atom stereocenters. The molecule has 0 aliphatic heterocycles. The predicted molar refractivity (Wildman–Crippen MR) is 120 cm³/mol. The highest BCUT2D eigenvalue weighted by atomic mass is 19.2. The van der Waals surface area contributed by atoms with Crippen molar-refractivity contribution in [2.75, 3.05) is 13.2 Å². The Labute approximate surface area is 189 Å². The minimum Gasteiger partial charge on any atom is -0.478 e. The third-order valence-corrected chi connectivity index (χ3v) is 5.54. The standard InChI is InChI=1S/C26H21F2NO4/c27-23-13-16(21(25(30)31)14-24(23)28)7-5-6-12-29-26(32)33-15-22-19-10-3-1-8-17(19)18-9-2-4-11-20(18)22/h1-5,7-11,13-14,22H,6,12,15H2,(H,29,32)(H,30,31). The SMILES string of the molecule is O=C(NCCC=Cc1cc(F)c(F)cc1C(=O)O)OCC1c2ccccc2-c2ccccc21. The molecule has 3 aromatic rings. The van der Waals surface area contributed by atoms with Gasteiger partial charge in [-0.2, -0.15) is 0 Å². The summed E-state index contributed by atoms with van der Waals surface area (Å²) in [6.07, 6.45) is 2.74. The van der Waals surface area contributed by atoms with Gasteiger partial charge in [0.25, 0.3) is 0 Å². The Balaban J connectivity index is 1.30. The highest BCUT2D eigenvalue weighted by molar-refractivity contribution is 5.92. The minimum atomic E-state index is -1.36. The monoisotopic (exact) mass is 449 g/mol. The number of amides is 1. The Kier molecular flexibility index (Phi) is 6.49. The van der Waals surface area contributed by atoms with E-state index in [0.29, 0.717) is 12.5 Å². The van der Waals surface area contributed by atoms with Crippen LogP contribution in [-0.2, 0) is 4.74 Å². The van der Waals surface area contributed by atoms with E-state index >= 15 is 0 Å². The number of carbonyl (C=O) groups is 2. The Bertz CT molecular complexity index is 1190. The van der Waals surface area contributed by atoms with E-state index in [2.05, 4.69) is 17.4 Å². The molecule has 4 rings (SSSR count). The number of halogens is 2. The maximum Gasteiger partial charge on any atom is 0.407 e. The van der Waals surface area contributed by atoms with Gasteiger partial charge < -0.3 is 15.2 Å². The normalized spacial score (nSPS) is 12.4. The fraction of sp³-hybridized carbons (Fsp3) is 0.154. The van der Waals surface area contributed by atoms with Gasteiger partial charge in [0.1, 0.15) is 6.61 Å². The van der Waals surface area contributed by atoms with E-state index in [4.69, 9.17) is 9.84 Å². The van der Waals surface area contributed by atoms with Crippen molar-refractivity contribution in [3.05, 3.63) is 101 Å². The first-order valence-electron chi connectivity index (χ1n) is 10.4. The van der Waals surface area contributed by atoms with E-state index in [1.54, 1.807) is 6.08 Å². The molecular formula is C26H21F2NO4. The molecule has 3 aromatic carbocycles. The highest BCUT2D eigenvalue weighted by Gasteiger charge is 2.28. The zero-order valence-corrected chi connectivity index (χ0v) is 17.6. The number of aromatic carboxylic acids is 1. The molecule has 33 heavy (non-hydrogen) atoms. The summed E-state index contributed by atoms with van der Waals surface area (Å²) in [6, 6.07) is 17.6. The first-order chi connectivity index (χ1) is 16.0. The third kappa shape index (κ3) is 4.77. The molecule has 0 saturated carbocycles. The van der Waals surface area contributed by atoms with Crippen LogP contribution < -0.4 is 5.32 Å². The number of carboxylic acid groups (broad SMARTS) is 1. The molecule has 1 amide bonds. The van der Waals surface area contributed by atoms with Crippen molar-refractivity contribution in [1.29, 1.82) is 0 Å². The number of rotatable bonds is 7. The first-order valence-corrected chi connectivity index (χ1v) is 10.4. The van der Waals surface area contributed by atoms with Crippen LogP contribution in [-0.4, -0.2) is 30.3 Å². The van der Waals surface area contributed by atoms with Gasteiger partial charge in [0.2, 0.25) is 0 Å². The number of ether oxygens (including phenoxy) is 1.